The van der Waals surface area contributed by atoms with Crippen LogP contribution in [-0.2, 0) is 6.16 Å². The van der Waals surface area contributed by atoms with Crippen molar-refractivity contribution in [3.05, 3.63) is 35.9 Å². The molecule has 1 nitrogen and oxygen atoms in total. The molecule has 1 unspecified atom stereocenters. The van der Waals surface area contributed by atoms with Crippen molar-refractivity contribution < 1.29 is 0 Å². The van der Waals surface area contributed by atoms with Crippen LogP contribution in [0.5, 0.6) is 0 Å². The molecule has 1 atom stereocenters. The Morgan fingerprint density at radius 3 is 1.90 bits per heavy atom. The molecular weight excluding hydrogens is 209 g/mol. The molecule has 1 rings (SSSR count). The Labute approximate surface area is 74.8 Å². The van der Waals surface area contributed by atoms with E-state index in [0.717, 1.165) is 6.16 Å². The van der Waals surface area contributed by atoms with Gasteiger partial charge in [-0.05, 0) is 11.7 Å². The van der Waals surface area contributed by atoms with Crippen LogP contribution in [-0.4, -0.2) is 0 Å². The first-order valence-corrected chi connectivity index (χ1v) is 3.49. The summed E-state index contributed by atoms with van der Waals surface area (Å²) in [6.07, 6.45) is 1.06. The van der Waals surface area contributed by atoms with Gasteiger partial charge in [-0.1, -0.05) is 30.3 Å². The van der Waals surface area contributed by atoms with E-state index in [9.17, 15) is 0 Å². The molecule has 1 aromatic carbocycles. The summed E-state index contributed by atoms with van der Waals surface area (Å²) in [6.45, 7) is 0. The first-order valence-electron chi connectivity index (χ1n) is 2.67. The van der Waals surface area contributed by atoms with Crippen LogP contribution in [0.1, 0.15) is 5.56 Å². The van der Waals surface area contributed by atoms with Gasteiger partial charge in [-0.2, -0.15) is 0 Å². The lowest BCUT2D eigenvalue weighted by Gasteiger charge is -1.89. The zero-order chi connectivity index (χ0) is 5.82. The summed E-state index contributed by atoms with van der Waals surface area (Å²) in [5.74, 6) is 0. The fourth-order valence-corrected chi connectivity index (χ4v) is 0.886. The highest BCUT2D eigenvalue weighted by atomic mass is 79.9. The summed E-state index contributed by atoms with van der Waals surface area (Å²) in [5, 5.41) is 0. The molecule has 1 aromatic rings. The molecule has 58 valence electrons. The molecule has 0 heterocycles. The van der Waals surface area contributed by atoms with E-state index < -0.39 is 0 Å². The van der Waals surface area contributed by atoms with Gasteiger partial charge in [0.15, 0.2) is 0 Å². The average molecular weight is 222 g/mol. The third kappa shape index (κ3) is 3.99. The van der Waals surface area contributed by atoms with Crippen molar-refractivity contribution in [2.24, 2.45) is 0 Å². The molecule has 0 fully saturated rings. The van der Waals surface area contributed by atoms with Crippen LogP contribution in [0, 0.1) is 0 Å². The van der Waals surface area contributed by atoms with Gasteiger partial charge >= 0.3 is 0 Å². The highest BCUT2D eigenvalue weighted by molar-refractivity contribution is 8.93. The molecule has 0 aromatic heterocycles. The molecule has 0 aliphatic rings. The monoisotopic (exact) mass is 221 g/mol. The van der Waals surface area contributed by atoms with E-state index in [4.69, 9.17) is 0 Å². The van der Waals surface area contributed by atoms with E-state index in [1.165, 1.54) is 5.56 Å². The van der Waals surface area contributed by atoms with Gasteiger partial charge in [0.05, 0.1) is 0 Å². The third-order valence-corrected chi connectivity index (χ3v) is 1.55. The smallest absolute Gasteiger partial charge is 0.0128 e. The van der Waals surface area contributed by atoms with Crippen molar-refractivity contribution >= 4 is 26.2 Å². The van der Waals surface area contributed by atoms with Crippen molar-refractivity contribution in [2.45, 2.75) is 6.16 Å². The lowest BCUT2D eigenvalue weighted by molar-refractivity contribution is 1.42. The molecule has 0 saturated heterocycles. The molecule has 0 radical (unpaired) electrons. The van der Waals surface area contributed by atoms with Crippen molar-refractivity contribution in [2.75, 3.05) is 0 Å². The van der Waals surface area contributed by atoms with Gasteiger partial charge in [0.25, 0.3) is 0 Å². The predicted octanol–water partition coefficient (Wildman–Crippen LogP) is 2.80. The molecule has 0 amide bonds. The minimum atomic E-state index is 0. The average Bonchev–Trinajstić information content (AvgIpc) is 1.90. The number of rotatable bonds is 1. The molecule has 0 bridgehead atoms. The molecule has 10 heavy (non-hydrogen) atoms. The summed E-state index contributed by atoms with van der Waals surface area (Å²) in [4.78, 5) is 0. The van der Waals surface area contributed by atoms with Crippen LogP contribution < -0.4 is 6.15 Å². The Morgan fingerprint density at radius 1 is 1.10 bits per heavy atom. The maximum absolute atomic E-state index is 2.69. The second kappa shape index (κ2) is 7.20. The standard InChI is InChI=1S/C7H9P.BrH.H3N/c8-6-7-4-2-1-3-5-7;;/h1-5H,6,8H2;1H;1H3. The van der Waals surface area contributed by atoms with Gasteiger partial charge in [-0.15, -0.1) is 26.2 Å². The molecule has 0 aliphatic carbocycles. The van der Waals surface area contributed by atoms with Gasteiger partial charge in [-0.25, -0.2) is 0 Å². The second-order valence-electron chi connectivity index (χ2n) is 1.69. The van der Waals surface area contributed by atoms with Crippen LogP contribution >= 0.6 is 26.2 Å². The molecular formula is C7H13BrNP. The Morgan fingerprint density at radius 2 is 1.60 bits per heavy atom. The highest BCUT2D eigenvalue weighted by Gasteiger charge is 1.80. The van der Waals surface area contributed by atoms with Crippen LogP contribution in [0.2, 0.25) is 0 Å². The summed E-state index contributed by atoms with van der Waals surface area (Å²) in [6, 6.07) is 10.4. The molecule has 0 spiro atoms. The first kappa shape index (κ1) is 12.7. The van der Waals surface area contributed by atoms with Crippen molar-refractivity contribution in [3.8, 4) is 0 Å². The molecule has 3 N–H and O–H groups in total. The summed E-state index contributed by atoms with van der Waals surface area (Å²) >= 11 is 0. The maximum Gasteiger partial charge on any atom is -0.0128 e. The molecule has 3 heteroatoms. The fraction of sp³-hybridized carbons (Fsp3) is 0.143. The number of hydrogen-bond acceptors (Lipinski definition) is 1. The zero-order valence-corrected chi connectivity index (χ0v) is 8.65. The maximum atomic E-state index is 2.69. The second-order valence-corrected chi connectivity index (χ2v) is 2.10. The van der Waals surface area contributed by atoms with Gasteiger partial charge in [0.2, 0.25) is 0 Å². The Hall–Kier alpha value is 0.0900. The number of benzene rings is 1. The van der Waals surface area contributed by atoms with E-state index in [0.29, 0.717) is 0 Å². The third-order valence-electron chi connectivity index (χ3n) is 1.08. The number of hydrogen-bond donors (Lipinski definition) is 1. The minimum absolute atomic E-state index is 0. The summed E-state index contributed by atoms with van der Waals surface area (Å²) in [5.41, 5.74) is 1.37. The Bertz CT molecular complexity index is 155. The van der Waals surface area contributed by atoms with E-state index in [1.54, 1.807) is 0 Å². The molecule has 0 saturated carbocycles. The highest BCUT2D eigenvalue weighted by Crippen LogP contribution is 2.02. The lowest BCUT2D eigenvalue weighted by atomic mass is 10.2. The van der Waals surface area contributed by atoms with Crippen molar-refractivity contribution in [3.63, 3.8) is 0 Å². The van der Waals surface area contributed by atoms with Crippen molar-refractivity contribution in [1.82, 2.24) is 6.15 Å². The van der Waals surface area contributed by atoms with Gasteiger partial charge in [0, 0.05) is 0 Å². The van der Waals surface area contributed by atoms with E-state index in [-0.39, 0.29) is 23.1 Å². The van der Waals surface area contributed by atoms with Gasteiger partial charge in [-0.3, -0.25) is 0 Å². The van der Waals surface area contributed by atoms with E-state index >= 15 is 0 Å². The van der Waals surface area contributed by atoms with Crippen molar-refractivity contribution in [1.29, 1.82) is 0 Å². The van der Waals surface area contributed by atoms with Crippen LogP contribution in [0.25, 0.3) is 0 Å². The number of halogens is 1. The summed E-state index contributed by atoms with van der Waals surface area (Å²) in [7, 11) is 2.69. The lowest BCUT2D eigenvalue weighted by Crippen LogP contribution is -1.70. The van der Waals surface area contributed by atoms with Crippen LogP contribution in [0.15, 0.2) is 30.3 Å². The SMILES string of the molecule is Br.N.PCc1ccccc1. The fourth-order valence-electron chi connectivity index (χ4n) is 0.614. The Kier molecular flexibility index (Phi) is 9.17. The van der Waals surface area contributed by atoms with Gasteiger partial charge < -0.3 is 6.15 Å². The first-order chi connectivity index (χ1) is 3.93. The predicted molar refractivity (Wildman–Crippen MR) is 55.2 cm³/mol. The zero-order valence-electron chi connectivity index (χ0n) is 5.79. The topological polar surface area (TPSA) is 35.0 Å². The van der Waals surface area contributed by atoms with E-state index in [1.807, 2.05) is 6.07 Å². The minimum Gasteiger partial charge on any atom is -0.344 e. The van der Waals surface area contributed by atoms with Crippen LogP contribution in [0.3, 0.4) is 0 Å². The Balaban J connectivity index is 0. The quantitative estimate of drug-likeness (QED) is 0.728. The van der Waals surface area contributed by atoms with Gasteiger partial charge in [0.1, 0.15) is 0 Å². The molecule has 0 aliphatic heterocycles. The van der Waals surface area contributed by atoms with E-state index in [2.05, 4.69) is 33.5 Å². The summed E-state index contributed by atoms with van der Waals surface area (Å²) < 4.78 is 0. The normalized spacial score (nSPS) is 7.30. The largest absolute Gasteiger partial charge is 0.344 e. The van der Waals surface area contributed by atoms with Crippen LogP contribution in [0.4, 0.5) is 0 Å².